The predicted molar refractivity (Wildman–Crippen MR) is 100 cm³/mol. The Hall–Kier alpha value is -3.11. The third-order valence-electron chi connectivity index (χ3n) is 3.83. The lowest BCUT2D eigenvalue weighted by molar-refractivity contribution is 0.475. The average Bonchev–Trinajstić information content (AvgIpc) is 3.04. The summed E-state index contributed by atoms with van der Waals surface area (Å²) in [5.74, 6) is 0.227. The van der Waals surface area contributed by atoms with Gasteiger partial charge in [-0.2, -0.15) is 5.10 Å². The first-order valence-corrected chi connectivity index (χ1v) is 8.07. The summed E-state index contributed by atoms with van der Waals surface area (Å²) in [5.41, 5.74) is 4.15. The first-order chi connectivity index (χ1) is 12.2. The van der Waals surface area contributed by atoms with Crippen LogP contribution in [0.2, 0.25) is 5.02 Å². The minimum absolute atomic E-state index is 0.227. The molecule has 0 fully saturated rings. The van der Waals surface area contributed by atoms with E-state index in [4.69, 9.17) is 11.6 Å². The Morgan fingerprint density at radius 1 is 1.00 bits per heavy atom. The summed E-state index contributed by atoms with van der Waals surface area (Å²) in [6.45, 7) is 0. The molecule has 2 heterocycles. The molecule has 0 aliphatic carbocycles. The number of nitrogens with one attached hydrogen (secondary N) is 1. The van der Waals surface area contributed by atoms with Crippen molar-refractivity contribution in [3.8, 4) is 17.0 Å². The number of aromatic nitrogens is 3. The molecule has 121 valence electrons. The van der Waals surface area contributed by atoms with Crippen LogP contribution >= 0.6 is 11.6 Å². The molecule has 2 N–H and O–H groups in total. The summed E-state index contributed by atoms with van der Waals surface area (Å²) in [7, 11) is 0. The maximum absolute atomic E-state index is 9.39. The summed E-state index contributed by atoms with van der Waals surface area (Å²) in [5, 5.41) is 18.2. The molecule has 0 aliphatic rings. The van der Waals surface area contributed by atoms with Crippen molar-refractivity contribution in [3.05, 3.63) is 76.9 Å². The number of aromatic hydroxyl groups is 1. The second kappa shape index (κ2) is 6.42. The fourth-order valence-electron chi connectivity index (χ4n) is 2.51. The molecule has 1 radical (unpaired) electrons. The average molecular weight is 347 g/mol. The van der Waals surface area contributed by atoms with Gasteiger partial charge in [-0.15, -0.1) is 0 Å². The van der Waals surface area contributed by atoms with Crippen molar-refractivity contribution in [2.45, 2.75) is 0 Å². The van der Waals surface area contributed by atoms with E-state index in [9.17, 15) is 5.11 Å². The van der Waals surface area contributed by atoms with Gasteiger partial charge in [0.1, 0.15) is 5.75 Å². The van der Waals surface area contributed by atoms with Crippen LogP contribution in [0.3, 0.4) is 0 Å². The fourth-order valence-corrected chi connectivity index (χ4v) is 2.64. The Kier molecular flexibility index (Phi) is 3.96. The van der Waals surface area contributed by atoms with Crippen molar-refractivity contribution >= 4 is 34.8 Å². The van der Waals surface area contributed by atoms with E-state index in [0.717, 1.165) is 27.9 Å². The van der Waals surface area contributed by atoms with Crippen LogP contribution in [0, 0.1) is 6.07 Å². The number of halogens is 1. The highest BCUT2D eigenvalue weighted by molar-refractivity contribution is 6.30. The minimum atomic E-state index is 0.227. The Balaban J connectivity index is 1.65. The number of phenolic OH excluding ortho intramolecular Hbond substituents is 1. The van der Waals surface area contributed by atoms with Gasteiger partial charge < -0.3 is 5.11 Å². The molecule has 0 aliphatic heterocycles. The molecule has 0 amide bonds. The van der Waals surface area contributed by atoms with Gasteiger partial charge in [0.2, 0.25) is 0 Å². The molecule has 0 saturated carbocycles. The SMILES string of the molecule is Oc1ccc(-c2c[c]c3c(/C=C/c4ccc(Cl)cc4)n[nH]c3n2)cc1. The van der Waals surface area contributed by atoms with E-state index < -0.39 is 0 Å². The zero-order chi connectivity index (χ0) is 17.2. The summed E-state index contributed by atoms with van der Waals surface area (Å²) < 4.78 is 0. The highest BCUT2D eigenvalue weighted by Crippen LogP contribution is 2.24. The van der Waals surface area contributed by atoms with Gasteiger partial charge in [0.25, 0.3) is 0 Å². The van der Waals surface area contributed by atoms with Gasteiger partial charge in [0.05, 0.1) is 16.8 Å². The standard InChI is InChI=1S/C20H13ClN3O/c21-15-6-1-13(2-7-15)3-11-19-17-10-12-18(22-20(17)24-23-19)14-4-8-16(25)9-5-14/h1-9,11-12,25H,(H,22,23,24)/b11-3+. The topological polar surface area (TPSA) is 61.8 Å². The number of fused-ring (bicyclic) bond motifs is 1. The van der Waals surface area contributed by atoms with Crippen molar-refractivity contribution in [2.75, 3.05) is 0 Å². The molecule has 0 saturated heterocycles. The lowest BCUT2D eigenvalue weighted by Crippen LogP contribution is -1.84. The molecule has 0 spiro atoms. The predicted octanol–water partition coefficient (Wildman–Crippen LogP) is 4.95. The summed E-state index contributed by atoms with van der Waals surface area (Å²) in [6, 6.07) is 19.5. The van der Waals surface area contributed by atoms with Gasteiger partial charge in [-0.25, -0.2) is 4.98 Å². The van der Waals surface area contributed by atoms with Gasteiger partial charge in [0, 0.05) is 10.6 Å². The van der Waals surface area contributed by atoms with Crippen LogP contribution in [0.4, 0.5) is 0 Å². The number of nitrogens with zero attached hydrogens (tertiary/aromatic N) is 2. The van der Waals surface area contributed by atoms with E-state index in [0.29, 0.717) is 10.7 Å². The van der Waals surface area contributed by atoms with Gasteiger partial charge in [0.15, 0.2) is 5.65 Å². The Bertz CT molecular complexity index is 1050. The third kappa shape index (κ3) is 3.25. The van der Waals surface area contributed by atoms with Crippen LogP contribution in [0.1, 0.15) is 11.3 Å². The van der Waals surface area contributed by atoms with Crippen molar-refractivity contribution in [1.29, 1.82) is 0 Å². The van der Waals surface area contributed by atoms with Crippen LogP contribution in [-0.2, 0) is 0 Å². The first-order valence-electron chi connectivity index (χ1n) is 7.69. The van der Waals surface area contributed by atoms with Crippen molar-refractivity contribution in [3.63, 3.8) is 0 Å². The lowest BCUT2D eigenvalue weighted by Gasteiger charge is -2.00. The Labute approximate surface area is 149 Å². The molecule has 2 aromatic heterocycles. The van der Waals surface area contributed by atoms with Crippen LogP contribution < -0.4 is 0 Å². The molecule has 0 atom stereocenters. The quantitative estimate of drug-likeness (QED) is 0.551. The van der Waals surface area contributed by atoms with E-state index in [2.05, 4.69) is 21.2 Å². The van der Waals surface area contributed by atoms with E-state index in [1.165, 1.54) is 0 Å². The summed E-state index contributed by atoms with van der Waals surface area (Å²) >= 11 is 5.89. The zero-order valence-electron chi connectivity index (χ0n) is 13.1. The van der Waals surface area contributed by atoms with E-state index >= 15 is 0 Å². The number of pyridine rings is 1. The maximum atomic E-state index is 9.39. The number of H-pyrrole nitrogens is 1. The normalized spacial score (nSPS) is 11.4. The van der Waals surface area contributed by atoms with E-state index in [1.807, 2.05) is 54.6 Å². The third-order valence-corrected chi connectivity index (χ3v) is 4.08. The molecule has 4 rings (SSSR count). The number of hydrogen-bond donors (Lipinski definition) is 2. The molecule has 5 heteroatoms. The number of hydrogen-bond acceptors (Lipinski definition) is 3. The van der Waals surface area contributed by atoms with Crippen LogP contribution in [0.15, 0.2) is 54.6 Å². The summed E-state index contributed by atoms with van der Waals surface area (Å²) in [4.78, 5) is 4.58. The molecule has 0 unspecified atom stereocenters. The van der Waals surface area contributed by atoms with Crippen LogP contribution in [0.25, 0.3) is 34.4 Å². The zero-order valence-corrected chi connectivity index (χ0v) is 13.8. The van der Waals surface area contributed by atoms with Gasteiger partial charge in [-0.1, -0.05) is 29.8 Å². The van der Waals surface area contributed by atoms with Gasteiger partial charge >= 0.3 is 0 Å². The lowest BCUT2D eigenvalue weighted by atomic mass is 10.1. The molecule has 4 nitrogen and oxygen atoms in total. The molecule has 2 aromatic carbocycles. The molecule has 25 heavy (non-hydrogen) atoms. The van der Waals surface area contributed by atoms with Crippen LogP contribution in [0.5, 0.6) is 5.75 Å². The second-order valence-corrected chi connectivity index (χ2v) is 5.99. The van der Waals surface area contributed by atoms with Crippen molar-refractivity contribution in [1.82, 2.24) is 15.2 Å². The highest BCUT2D eigenvalue weighted by Gasteiger charge is 2.07. The minimum Gasteiger partial charge on any atom is -0.508 e. The molecule has 0 bridgehead atoms. The van der Waals surface area contributed by atoms with Gasteiger partial charge in [-0.05, 0) is 60.2 Å². The number of rotatable bonds is 3. The molecular weight excluding hydrogens is 334 g/mol. The van der Waals surface area contributed by atoms with E-state index in [-0.39, 0.29) is 5.75 Å². The van der Waals surface area contributed by atoms with Crippen molar-refractivity contribution < 1.29 is 5.11 Å². The number of phenols is 1. The largest absolute Gasteiger partial charge is 0.508 e. The highest BCUT2D eigenvalue weighted by atomic mass is 35.5. The first kappa shape index (κ1) is 15.4. The van der Waals surface area contributed by atoms with Crippen molar-refractivity contribution in [2.24, 2.45) is 0 Å². The smallest absolute Gasteiger partial charge is 0.157 e. The Morgan fingerprint density at radius 2 is 1.76 bits per heavy atom. The number of aromatic amines is 1. The monoisotopic (exact) mass is 346 g/mol. The van der Waals surface area contributed by atoms with E-state index in [1.54, 1.807) is 12.1 Å². The number of benzene rings is 2. The second-order valence-electron chi connectivity index (χ2n) is 5.55. The summed E-state index contributed by atoms with van der Waals surface area (Å²) in [6.07, 6.45) is 3.88. The van der Waals surface area contributed by atoms with Gasteiger partial charge in [-0.3, -0.25) is 5.10 Å². The molecule has 4 aromatic rings. The Morgan fingerprint density at radius 3 is 2.52 bits per heavy atom. The maximum Gasteiger partial charge on any atom is 0.157 e. The fraction of sp³-hybridized carbons (Fsp3) is 0. The molecular formula is C20H13ClN3O. The van der Waals surface area contributed by atoms with Crippen LogP contribution in [-0.4, -0.2) is 20.3 Å².